The third kappa shape index (κ3) is 1.89. The van der Waals surface area contributed by atoms with Crippen LogP contribution in [0.4, 0.5) is 0 Å². The molecule has 0 N–H and O–H groups in total. The Morgan fingerprint density at radius 3 is 2.85 bits per heavy atom. The summed E-state index contributed by atoms with van der Waals surface area (Å²) in [4.78, 5) is 2.51. The van der Waals surface area contributed by atoms with E-state index < -0.39 is 0 Å². The predicted molar refractivity (Wildman–Crippen MR) is 55.7 cm³/mol. The molecule has 2 unspecified atom stereocenters. The number of rotatable bonds is 0. The molecule has 13 heavy (non-hydrogen) atoms. The quantitative estimate of drug-likeness (QED) is 0.512. The van der Waals surface area contributed by atoms with Gasteiger partial charge in [0.05, 0.1) is 26.7 Å². The lowest BCUT2D eigenvalue weighted by Gasteiger charge is -2.46. The largest absolute Gasteiger partial charge is 0.321 e. The molecule has 2 nitrogen and oxygen atoms in total. The highest BCUT2D eigenvalue weighted by molar-refractivity contribution is 4.72. The van der Waals surface area contributed by atoms with Gasteiger partial charge in [0.25, 0.3) is 0 Å². The van der Waals surface area contributed by atoms with Crippen LogP contribution in [0.3, 0.4) is 0 Å². The molecule has 2 saturated heterocycles. The summed E-state index contributed by atoms with van der Waals surface area (Å²) < 4.78 is 1.37. The van der Waals surface area contributed by atoms with Crippen molar-refractivity contribution in [3.63, 3.8) is 0 Å². The van der Waals surface area contributed by atoms with E-state index >= 15 is 0 Å². The number of nitrogens with zero attached hydrogens (tertiary/aromatic N) is 2. The molecular weight excluding hydrogens is 160 g/mol. The number of hydrogen-bond donors (Lipinski definition) is 0. The van der Waals surface area contributed by atoms with Crippen molar-refractivity contribution in [1.82, 2.24) is 4.90 Å². The van der Waals surface area contributed by atoms with E-state index in [0.29, 0.717) is 0 Å². The van der Waals surface area contributed by atoms with Gasteiger partial charge in [0.15, 0.2) is 0 Å². The van der Waals surface area contributed by atoms with Gasteiger partial charge < -0.3 is 4.48 Å². The van der Waals surface area contributed by atoms with Crippen molar-refractivity contribution in [3.05, 3.63) is 0 Å². The van der Waals surface area contributed by atoms with E-state index in [0.717, 1.165) is 6.04 Å². The van der Waals surface area contributed by atoms with Gasteiger partial charge in [-0.05, 0) is 26.3 Å². The van der Waals surface area contributed by atoms with Gasteiger partial charge in [-0.2, -0.15) is 0 Å². The van der Waals surface area contributed by atoms with E-state index in [1.54, 1.807) is 0 Å². The fraction of sp³-hybridized carbons (Fsp3) is 1.00. The predicted octanol–water partition coefficient (Wildman–Crippen LogP) is 1.32. The maximum atomic E-state index is 2.51. The average Bonchev–Trinajstić information content (AvgIpc) is 2.28. The minimum Gasteiger partial charge on any atom is -0.321 e. The van der Waals surface area contributed by atoms with Crippen LogP contribution >= 0.6 is 0 Å². The van der Waals surface area contributed by atoms with Gasteiger partial charge in [0, 0.05) is 13.0 Å². The van der Waals surface area contributed by atoms with E-state index in [2.05, 4.69) is 19.0 Å². The molecule has 0 saturated carbocycles. The van der Waals surface area contributed by atoms with Crippen LogP contribution in [0.15, 0.2) is 0 Å². The van der Waals surface area contributed by atoms with Crippen molar-refractivity contribution in [2.75, 3.05) is 40.3 Å². The minimum atomic E-state index is 0.932. The van der Waals surface area contributed by atoms with E-state index in [4.69, 9.17) is 0 Å². The molecule has 2 aliphatic heterocycles. The highest BCUT2D eigenvalue weighted by Gasteiger charge is 2.37. The van der Waals surface area contributed by atoms with Gasteiger partial charge in [-0.25, -0.2) is 0 Å². The number of fused-ring (bicyclic) bond motifs is 1. The Morgan fingerprint density at radius 1 is 1.15 bits per heavy atom. The molecule has 2 heteroatoms. The first-order valence-electron chi connectivity index (χ1n) is 5.73. The maximum absolute atomic E-state index is 2.51. The number of likely N-dealkylation sites (N-methyl/N-ethyl adjacent to an activating group) is 2. The summed E-state index contributed by atoms with van der Waals surface area (Å²) in [6, 6.07) is 0.932. The third-order valence-electron chi connectivity index (χ3n) is 4.10. The molecule has 2 fully saturated rings. The van der Waals surface area contributed by atoms with Crippen molar-refractivity contribution in [3.8, 4) is 0 Å². The highest BCUT2D eigenvalue weighted by atomic mass is 15.4. The normalized spacial score (nSPS) is 42.5. The number of quaternary nitrogens is 1. The van der Waals surface area contributed by atoms with E-state index in [1.807, 2.05) is 0 Å². The zero-order valence-electron chi connectivity index (χ0n) is 9.13. The SMILES string of the molecule is CN1CC[N+]2(C)CCCCCC2C1. The van der Waals surface area contributed by atoms with Crippen LogP contribution in [-0.2, 0) is 0 Å². The monoisotopic (exact) mass is 183 g/mol. The summed E-state index contributed by atoms with van der Waals surface area (Å²) in [6.45, 7) is 5.43. The van der Waals surface area contributed by atoms with Crippen LogP contribution in [0.1, 0.15) is 25.7 Å². The van der Waals surface area contributed by atoms with Gasteiger partial charge in [-0.15, -0.1) is 0 Å². The molecule has 0 aromatic carbocycles. The third-order valence-corrected chi connectivity index (χ3v) is 4.10. The molecule has 0 aromatic heterocycles. The molecule has 2 rings (SSSR count). The first-order valence-corrected chi connectivity index (χ1v) is 5.73. The van der Waals surface area contributed by atoms with Crippen molar-refractivity contribution in [2.24, 2.45) is 0 Å². The Labute approximate surface area is 82.1 Å². The Hall–Kier alpha value is -0.0800. The zero-order chi connectivity index (χ0) is 9.31. The minimum absolute atomic E-state index is 0.932. The van der Waals surface area contributed by atoms with Gasteiger partial charge >= 0.3 is 0 Å². The summed E-state index contributed by atoms with van der Waals surface area (Å²) in [5.74, 6) is 0. The molecule has 0 spiro atoms. The van der Waals surface area contributed by atoms with Gasteiger partial charge in [0.1, 0.15) is 6.04 Å². The Kier molecular flexibility index (Phi) is 2.61. The lowest BCUT2D eigenvalue weighted by atomic mass is 10.1. The smallest absolute Gasteiger partial charge is 0.102 e. The number of hydrogen-bond acceptors (Lipinski definition) is 1. The van der Waals surface area contributed by atoms with E-state index in [-0.39, 0.29) is 0 Å². The molecule has 0 amide bonds. The summed E-state index contributed by atoms with van der Waals surface area (Å²) in [5.41, 5.74) is 0. The zero-order valence-corrected chi connectivity index (χ0v) is 9.13. The lowest BCUT2D eigenvalue weighted by Crippen LogP contribution is -2.62. The molecule has 76 valence electrons. The molecule has 2 heterocycles. The van der Waals surface area contributed by atoms with Crippen molar-refractivity contribution in [2.45, 2.75) is 31.7 Å². The molecule has 0 aromatic rings. The van der Waals surface area contributed by atoms with Gasteiger partial charge in [0.2, 0.25) is 0 Å². The van der Waals surface area contributed by atoms with E-state index in [1.165, 1.54) is 56.3 Å². The van der Waals surface area contributed by atoms with Crippen molar-refractivity contribution < 1.29 is 4.48 Å². The second kappa shape index (κ2) is 3.58. The van der Waals surface area contributed by atoms with Crippen LogP contribution < -0.4 is 0 Å². The average molecular weight is 183 g/mol. The first kappa shape index (κ1) is 9.47. The summed E-state index contributed by atoms with van der Waals surface area (Å²) in [7, 11) is 4.75. The first-order chi connectivity index (χ1) is 6.21. The Bertz CT molecular complexity index is 181. The van der Waals surface area contributed by atoms with Gasteiger partial charge in [-0.3, -0.25) is 4.90 Å². The molecule has 0 aliphatic carbocycles. The van der Waals surface area contributed by atoms with Crippen LogP contribution in [0.25, 0.3) is 0 Å². The Morgan fingerprint density at radius 2 is 2.00 bits per heavy atom. The maximum Gasteiger partial charge on any atom is 0.102 e. The topological polar surface area (TPSA) is 3.24 Å². The molecule has 0 bridgehead atoms. The standard InChI is InChI=1S/C11H23N2/c1-12-7-9-13(2)8-5-3-4-6-11(13)10-12/h11H,3-10H2,1-2H3/q+1. The van der Waals surface area contributed by atoms with Gasteiger partial charge in [-0.1, -0.05) is 0 Å². The molecule has 2 aliphatic rings. The second-order valence-corrected chi connectivity index (χ2v) is 5.19. The van der Waals surface area contributed by atoms with Crippen LogP contribution in [-0.4, -0.2) is 55.7 Å². The number of piperazine rings is 1. The second-order valence-electron chi connectivity index (χ2n) is 5.19. The fourth-order valence-corrected chi connectivity index (χ4v) is 2.96. The highest BCUT2D eigenvalue weighted by Crippen LogP contribution is 2.26. The summed E-state index contributed by atoms with van der Waals surface area (Å²) in [5, 5.41) is 0. The Balaban J connectivity index is 2.07. The fourth-order valence-electron chi connectivity index (χ4n) is 2.96. The van der Waals surface area contributed by atoms with Crippen molar-refractivity contribution >= 4 is 0 Å². The van der Waals surface area contributed by atoms with Crippen LogP contribution in [0, 0.1) is 0 Å². The molecular formula is C11H23N2+. The lowest BCUT2D eigenvalue weighted by molar-refractivity contribution is -0.937. The van der Waals surface area contributed by atoms with Crippen LogP contribution in [0.5, 0.6) is 0 Å². The summed E-state index contributed by atoms with van der Waals surface area (Å²) in [6.07, 6.45) is 5.85. The summed E-state index contributed by atoms with van der Waals surface area (Å²) >= 11 is 0. The van der Waals surface area contributed by atoms with Crippen LogP contribution in [0.2, 0.25) is 0 Å². The molecule has 0 radical (unpaired) electrons. The van der Waals surface area contributed by atoms with E-state index in [9.17, 15) is 0 Å². The molecule has 2 atom stereocenters. The van der Waals surface area contributed by atoms with Crippen molar-refractivity contribution in [1.29, 1.82) is 0 Å².